The Kier molecular flexibility index (Phi) is 5.72. The van der Waals surface area contributed by atoms with E-state index in [1.54, 1.807) is 12.1 Å². The van der Waals surface area contributed by atoms with Crippen molar-refractivity contribution >= 4 is 37.5 Å². The highest BCUT2D eigenvalue weighted by atomic mass is 79.9. The van der Waals surface area contributed by atoms with E-state index in [4.69, 9.17) is 4.74 Å². The molecular weight excluding hydrogens is 479 g/mol. The van der Waals surface area contributed by atoms with Crippen molar-refractivity contribution in [3.63, 3.8) is 0 Å². The fourth-order valence-electron chi connectivity index (χ4n) is 2.80. The summed E-state index contributed by atoms with van der Waals surface area (Å²) in [5.41, 5.74) is 2.85. The molecule has 0 saturated carbocycles. The first-order chi connectivity index (χ1) is 12.2. The van der Waals surface area contributed by atoms with Gasteiger partial charge in [0, 0.05) is 10.5 Å². The average Bonchev–Trinajstić information content (AvgIpc) is 2.54. The molecule has 3 nitrogen and oxygen atoms in total. The van der Waals surface area contributed by atoms with Crippen LogP contribution < -0.4 is 14.8 Å². The van der Waals surface area contributed by atoms with E-state index in [1.165, 1.54) is 12.1 Å². The molecular formula is C18H16Br2F3NO2. The van der Waals surface area contributed by atoms with Crippen LogP contribution in [0.25, 0.3) is 0 Å². The topological polar surface area (TPSA) is 30.5 Å². The molecule has 0 spiro atoms. The number of hydrogen-bond acceptors (Lipinski definition) is 3. The molecule has 1 aliphatic rings. The number of benzene rings is 2. The van der Waals surface area contributed by atoms with Gasteiger partial charge in [0.1, 0.15) is 12.4 Å². The van der Waals surface area contributed by atoms with Crippen LogP contribution in [0.3, 0.4) is 0 Å². The quantitative estimate of drug-likeness (QED) is 0.530. The summed E-state index contributed by atoms with van der Waals surface area (Å²) in [4.78, 5) is 0. The molecule has 0 fully saturated rings. The third-order valence-electron chi connectivity index (χ3n) is 4.05. The van der Waals surface area contributed by atoms with E-state index in [9.17, 15) is 13.2 Å². The minimum Gasteiger partial charge on any atom is -0.486 e. The molecule has 140 valence electrons. The maximum absolute atomic E-state index is 12.2. The number of ether oxygens (including phenoxy) is 2. The lowest BCUT2D eigenvalue weighted by Gasteiger charge is -2.28. The zero-order valence-electron chi connectivity index (χ0n) is 13.8. The standard InChI is InChI=1S/C18H16Br2F3NO2/c1-10-2-7-13-14(19)8-15(20)17(16(13)24-10)25-9-11-3-5-12(6-4-11)26-18(21,22)23/h3-6,8,10,24H,2,7,9H2,1H3. The van der Waals surface area contributed by atoms with Crippen molar-refractivity contribution in [3.05, 3.63) is 50.4 Å². The van der Waals surface area contributed by atoms with Gasteiger partial charge in [-0.05, 0) is 65.0 Å². The Labute approximate surface area is 166 Å². The Balaban J connectivity index is 1.76. The van der Waals surface area contributed by atoms with Gasteiger partial charge < -0.3 is 14.8 Å². The predicted molar refractivity (Wildman–Crippen MR) is 101 cm³/mol. The van der Waals surface area contributed by atoms with Crippen molar-refractivity contribution in [2.75, 3.05) is 5.32 Å². The minimum absolute atomic E-state index is 0.231. The van der Waals surface area contributed by atoms with Gasteiger partial charge in [0.25, 0.3) is 0 Å². The van der Waals surface area contributed by atoms with Gasteiger partial charge in [-0.15, -0.1) is 13.2 Å². The first kappa shape index (κ1) is 19.4. The highest BCUT2D eigenvalue weighted by Crippen LogP contribution is 2.44. The molecule has 1 aliphatic heterocycles. The second-order valence-electron chi connectivity index (χ2n) is 6.09. The van der Waals surface area contributed by atoms with E-state index < -0.39 is 6.36 Å². The number of hydrogen-bond donors (Lipinski definition) is 1. The van der Waals surface area contributed by atoms with Gasteiger partial charge >= 0.3 is 6.36 Å². The molecule has 2 aromatic rings. The van der Waals surface area contributed by atoms with E-state index in [1.807, 2.05) is 6.07 Å². The Bertz CT molecular complexity index is 795. The molecule has 8 heteroatoms. The largest absolute Gasteiger partial charge is 0.573 e. The van der Waals surface area contributed by atoms with Gasteiger partial charge in [0.15, 0.2) is 5.75 Å². The monoisotopic (exact) mass is 493 g/mol. The highest BCUT2D eigenvalue weighted by molar-refractivity contribution is 9.11. The zero-order valence-corrected chi connectivity index (χ0v) is 17.0. The van der Waals surface area contributed by atoms with Gasteiger partial charge in [-0.1, -0.05) is 28.1 Å². The van der Waals surface area contributed by atoms with Gasteiger partial charge in [0.05, 0.1) is 10.2 Å². The molecule has 1 unspecified atom stereocenters. The summed E-state index contributed by atoms with van der Waals surface area (Å²) in [7, 11) is 0. The third-order valence-corrected chi connectivity index (χ3v) is 5.34. The molecule has 0 bridgehead atoms. The maximum Gasteiger partial charge on any atom is 0.573 e. The van der Waals surface area contributed by atoms with Gasteiger partial charge in [-0.3, -0.25) is 0 Å². The molecule has 1 atom stereocenters. The highest BCUT2D eigenvalue weighted by Gasteiger charge is 2.31. The van der Waals surface area contributed by atoms with Crippen LogP contribution in [0.15, 0.2) is 39.3 Å². The molecule has 0 radical (unpaired) electrons. The molecule has 1 N–H and O–H groups in total. The SMILES string of the molecule is CC1CCc2c(Br)cc(Br)c(OCc3ccc(OC(F)(F)F)cc3)c2N1. The Morgan fingerprint density at radius 3 is 2.50 bits per heavy atom. The van der Waals surface area contributed by atoms with E-state index >= 15 is 0 Å². The van der Waals surface area contributed by atoms with E-state index in [0.29, 0.717) is 11.8 Å². The summed E-state index contributed by atoms with van der Waals surface area (Å²) in [6.45, 7) is 2.34. The van der Waals surface area contributed by atoms with Crippen LogP contribution in [-0.4, -0.2) is 12.4 Å². The summed E-state index contributed by atoms with van der Waals surface area (Å²) in [6, 6.07) is 7.94. The summed E-state index contributed by atoms with van der Waals surface area (Å²) in [5, 5.41) is 3.45. The van der Waals surface area contributed by atoms with Crippen LogP contribution in [0.1, 0.15) is 24.5 Å². The summed E-state index contributed by atoms with van der Waals surface area (Å²) in [5.74, 6) is 0.448. The van der Waals surface area contributed by atoms with Crippen molar-refractivity contribution < 1.29 is 22.6 Å². The fraction of sp³-hybridized carbons (Fsp3) is 0.333. The van der Waals surface area contributed by atoms with Crippen LogP contribution in [-0.2, 0) is 13.0 Å². The number of nitrogens with one attached hydrogen (secondary N) is 1. The lowest BCUT2D eigenvalue weighted by atomic mass is 9.98. The molecule has 0 aromatic heterocycles. The predicted octanol–water partition coefficient (Wildman–Crippen LogP) is 6.44. The Hall–Kier alpha value is -1.41. The first-order valence-electron chi connectivity index (χ1n) is 7.98. The second-order valence-corrected chi connectivity index (χ2v) is 7.80. The maximum atomic E-state index is 12.2. The fourth-order valence-corrected chi connectivity index (χ4v) is 4.27. The van der Waals surface area contributed by atoms with Crippen molar-refractivity contribution in [2.24, 2.45) is 0 Å². The second kappa shape index (κ2) is 7.68. The molecule has 2 aromatic carbocycles. The van der Waals surface area contributed by atoms with Crippen LogP contribution in [0.2, 0.25) is 0 Å². The Morgan fingerprint density at radius 2 is 1.85 bits per heavy atom. The summed E-state index contributed by atoms with van der Waals surface area (Å²) in [6.07, 6.45) is -2.72. The van der Waals surface area contributed by atoms with Crippen molar-refractivity contribution in [1.82, 2.24) is 0 Å². The average molecular weight is 495 g/mol. The van der Waals surface area contributed by atoms with E-state index in [0.717, 1.165) is 38.6 Å². The first-order valence-corrected chi connectivity index (χ1v) is 9.56. The van der Waals surface area contributed by atoms with Crippen LogP contribution >= 0.6 is 31.9 Å². The zero-order chi connectivity index (χ0) is 18.9. The number of anilines is 1. The van der Waals surface area contributed by atoms with E-state index in [2.05, 4.69) is 48.8 Å². The molecule has 3 rings (SSSR count). The summed E-state index contributed by atoms with van der Waals surface area (Å²) < 4.78 is 48.3. The van der Waals surface area contributed by atoms with Crippen molar-refractivity contribution in [2.45, 2.75) is 38.8 Å². The minimum atomic E-state index is -4.69. The molecule has 0 saturated heterocycles. The number of alkyl halides is 3. The lowest BCUT2D eigenvalue weighted by molar-refractivity contribution is -0.274. The van der Waals surface area contributed by atoms with Gasteiger partial charge in [-0.2, -0.15) is 0 Å². The number of rotatable bonds is 4. The number of fused-ring (bicyclic) bond motifs is 1. The van der Waals surface area contributed by atoms with Gasteiger partial charge in [0.2, 0.25) is 0 Å². The molecule has 26 heavy (non-hydrogen) atoms. The normalized spacial score (nSPS) is 16.6. The summed E-state index contributed by atoms with van der Waals surface area (Å²) >= 11 is 7.11. The smallest absolute Gasteiger partial charge is 0.486 e. The lowest BCUT2D eigenvalue weighted by Crippen LogP contribution is -2.23. The van der Waals surface area contributed by atoms with Crippen LogP contribution in [0.5, 0.6) is 11.5 Å². The van der Waals surface area contributed by atoms with Crippen molar-refractivity contribution in [1.29, 1.82) is 0 Å². The molecule has 0 amide bonds. The molecule has 1 heterocycles. The van der Waals surface area contributed by atoms with Gasteiger partial charge in [-0.25, -0.2) is 0 Å². The van der Waals surface area contributed by atoms with Crippen LogP contribution in [0.4, 0.5) is 18.9 Å². The molecule has 0 aliphatic carbocycles. The third kappa shape index (κ3) is 4.65. The Morgan fingerprint density at radius 1 is 1.15 bits per heavy atom. The number of halogens is 5. The van der Waals surface area contributed by atoms with Crippen molar-refractivity contribution in [3.8, 4) is 11.5 Å². The van der Waals surface area contributed by atoms with Crippen LogP contribution in [0, 0.1) is 0 Å². The van der Waals surface area contributed by atoms with E-state index in [-0.39, 0.29) is 12.4 Å².